The molecule has 1 unspecified atom stereocenters. The summed E-state index contributed by atoms with van der Waals surface area (Å²) in [7, 11) is 4.33. The summed E-state index contributed by atoms with van der Waals surface area (Å²) >= 11 is 0. The lowest BCUT2D eigenvalue weighted by molar-refractivity contribution is 0.0353. The molecule has 0 amide bonds. The Morgan fingerprint density at radius 3 is 2.83 bits per heavy atom. The lowest BCUT2D eigenvalue weighted by Gasteiger charge is -2.46. The van der Waals surface area contributed by atoms with Gasteiger partial charge in [-0.05, 0) is 52.5 Å². The number of likely N-dealkylation sites (tertiary alicyclic amines) is 1. The quantitative estimate of drug-likeness (QED) is 0.879. The summed E-state index contributed by atoms with van der Waals surface area (Å²) in [6.45, 7) is 5.73. The fourth-order valence-corrected chi connectivity index (χ4v) is 2.94. The van der Waals surface area contributed by atoms with E-state index in [0.717, 1.165) is 24.6 Å². The van der Waals surface area contributed by atoms with Gasteiger partial charge in [-0.2, -0.15) is 0 Å². The van der Waals surface area contributed by atoms with Crippen molar-refractivity contribution in [2.24, 2.45) is 5.73 Å². The van der Waals surface area contributed by atoms with Crippen LogP contribution in [0.1, 0.15) is 24.4 Å². The minimum absolute atomic E-state index is 0.0910. The summed E-state index contributed by atoms with van der Waals surface area (Å²) in [5.41, 5.74) is 6.15. The maximum atomic E-state index is 6.06. The Morgan fingerprint density at radius 1 is 1.50 bits per heavy atom. The highest BCUT2D eigenvalue weighted by molar-refractivity contribution is 5.07. The van der Waals surface area contributed by atoms with Crippen LogP contribution in [-0.4, -0.2) is 49.1 Å². The second-order valence-corrected chi connectivity index (χ2v) is 5.64. The highest BCUT2D eigenvalue weighted by Crippen LogP contribution is 2.26. The highest BCUT2D eigenvalue weighted by Gasteiger charge is 2.37. The van der Waals surface area contributed by atoms with Gasteiger partial charge >= 0.3 is 0 Å². The van der Waals surface area contributed by atoms with Gasteiger partial charge < -0.3 is 15.1 Å². The molecule has 0 saturated carbocycles. The van der Waals surface area contributed by atoms with E-state index in [4.69, 9.17) is 10.2 Å². The van der Waals surface area contributed by atoms with Gasteiger partial charge in [-0.15, -0.1) is 0 Å². The third-order valence-corrected chi connectivity index (χ3v) is 4.12. The van der Waals surface area contributed by atoms with Crippen LogP contribution in [0.5, 0.6) is 0 Å². The van der Waals surface area contributed by atoms with Crippen molar-refractivity contribution in [3.63, 3.8) is 0 Å². The molecule has 0 spiro atoms. The van der Waals surface area contributed by atoms with Crippen molar-refractivity contribution in [3.8, 4) is 0 Å². The lowest BCUT2D eigenvalue weighted by Crippen LogP contribution is -2.60. The predicted molar refractivity (Wildman–Crippen MR) is 73.4 cm³/mol. The molecule has 2 N–H and O–H groups in total. The summed E-state index contributed by atoms with van der Waals surface area (Å²) in [4.78, 5) is 4.74. The molecular formula is C14H25N3O. The first-order valence-electron chi connectivity index (χ1n) is 6.71. The third-order valence-electron chi connectivity index (χ3n) is 4.12. The predicted octanol–water partition coefficient (Wildman–Crippen LogP) is 1.44. The van der Waals surface area contributed by atoms with Gasteiger partial charge in [-0.3, -0.25) is 4.90 Å². The fourth-order valence-electron chi connectivity index (χ4n) is 2.94. The molecule has 1 aromatic heterocycles. The van der Waals surface area contributed by atoms with Crippen LogP contribution < -0.4 is 5.73 Å². The Bertz CT molecular complexity index is 390. The van der Waals surface area contributed by atoms with Crippen LogP contribution in [-0.2, 0) is 6.54 Å². The van der Waals surface area contributed by atoms with E-state index in [1.807, 2.05) is 13.0 Å². The molecule has 1 atom stereocenters. The number of nitrogens with zero attached hydrogens (tertiary/aromatic N) is 2. The van der Waals surface area contributed by atoms with Crippen LogP contribution >= 0.6 is 0 Å². The summed E-state index contributed by atoms with van der Waals surface area (Å²) in [5, 5.41) is 0. The van der Waals surface area contributed by atoms with Gasteiger partial charge in [0.15, 0.2) is 0 Å². The monoisotopic (exact) mass is 251 g/mol. The van der Waals surface area contributed by atoms with Gasteiger partial charge in [-0.25, -0.2) is 0 Å². The normalized spacial score (nSPS) is 25.8. The fraction of sp³-hybridized carbons (Fsp3) is 0.714. The average Bonchev–Trinajstić information content (AvgIpc) is 2.74. The maximum absolute atomic E-state index is 6.06. The molecule has 2 rings (SSSR count). The lowest BCUT2D eigenvalue weighted by atomic mass is 9.87. The van der Waals surface area contributed by atoms with Crippen molar-refractivity contribution in [3.05, 3.63) is 23.7 Å². The average molecular weight is 251 g/mol. The number of piperidine rings is 1. The third kappa shape index (κ3) is 2.76. The van der Waals surface area contributed by atoms with Crippen LogP contribution in [0, 0.1) is 6.92 Å². The SMILES string of the molecule is Cc1ccc(CN(C)C2(CN)CCCN(C)C2)o1. The van der Waals surface area contributed by atoms with E-state index in [9.17, 15) is 0 Å². The molecule has 0 bridgehead atoms. The van der Waals surface area contributed by atoms with Gasteiger partial charge in [0.25, 0.3) is 0 Å². The van der Waals surface area contributed by atoms with Gasteiger partial charge in [0.2, 0.25) is 0 Å². The van der Waals surface area contributed by atoms with E-state index in [1.165, 1.54) is 19.4 Å². The summed E-state index contributed by atoms with van der Waals surface area (Å²) in [6, 6.07) is 4.08. The molecule has 4 nitrogen and oxygen atoms in total. The molecule has 2 heterocycles. The molecule has 0 aliphatic carbocycles. The number of aryl methyl sites for hydroxylation is 1. The van der Waals surface area contributed by atoms with Crippen LogP contribution in [0.15, 0.2) is 16.5 Å². The van der Waals surface area contributed by atoms with E-state index in [1.54, 1.807) is 0 Å². The van der Waals surface area contributed by atoms with Crippen molar-refractivity contribution >= 4 is 0 Å². The van der Waals surface area contributed by atoms with Crippen molar-refractivity contribution in [2.75, 3.05) is 33.7 Å². The second-order valence-electron chi connectivity index (χ2n) is 5.64. The summed E-state index contributed by atoms with van der Waals surface area (Å²) in [5.74, 6) is 2.00. The highest BCUT2D eigenvalue weighted by atomic mass is 16.3. The van der Waals surface area contributed by atoms with E-state index < -0.39 is 0 Å². The second kappa shape index (κ2) is 5.43. The summed E-state index contributed by atoms with van der Waals surface area (Å²) < 4.78 is 5.67. The van der Waals surface area contributed by atoms with Gasteiger partial charge in [0.05, 0.1) is 6.54 Å². The van der Waals surface area contributed by atoms with E-state index in [2.05, 4.69) is 30.0 Å². The zero-order valence-corrected chi connectivity index (χ0v) is 11.8. The van der Waals surface area contributed by atoms with Crippen LogP contribution in [0.2, 0.25) is 0 Å². The number of furan rings is 1. The molecule has 18 heavy (non-hydrogen) atoms. The molecule has 1 saturated heterocycles. The van der Waals surface area contributed by atoms with E-state index >= 15 is 0 Å². The van der Waals surface area contributed by atoms with Gasteiger partial charge in [-0.1, -0.05) is 0 Å². The molecular weight excluding hydrogens is 226 g/mol. The molecule has 1 aliphatic rings. The first kappa shape index (κ1) is 13.6. The first-order chi connectivity index (χ1) is 8.55. The van der Waals surface area contributed by atoms with Gasteiger partial charge in [0, 0.05) is 18.6 Å². The van der Waals surface area contributed by atoms with E-state index in [0.29, 0.717) is 6.54 Å². The molecule has 1 aromatic rings. The minimum Gasteiger partial charge on any atom is -0.465 e. The van der Waals surface area contributed by atoms with Crippen LogP contribution in [0.3, 0.4) is 0 Å². The minimum atomic E-state index is 0.0910. The number of nitrogens with two attached hydrogens (primary N) is 1. The van der Waals surface area contributed by atoms with Crippen molar-refractivity contribution in [1.29, 1.82) is 0 Å². The number of likely N-dealkylation sites (N-methyl/N-ethyl adjacent to an activating group) is 2. The van der Waals surface area contributed by atoms with E-state index in [-0.39, 0.29) is 5.54 Å². The van der Waals surface area contributed by atoms with Crippen LogP contribution in [0.4, 0.5) is 0 Å². The first-order valence-corrected chi connectivity index (χ1v) is 6.71. The number of rotatable bonds is 4. The molecule has 1 aliphatic heterocycles. The van der Waals surface area contributed by atoms with Crippen molar-refractivity contribution in [1.82, 2.24) is 9.80 Å². The summed E-state index contributed by atoms with van der Waals surface area (Å²) in [6.07, 6.45) is 2.39. The van der Waals surface area contributed by atoms with Crippen LogP contribution in [0.25, 0.3) is 0 Å². The largest absolute Gasteiger partial charge is 0.465 e. The maximum Gasteiger partial charge on any atom is 0.118 e. The Balaban J connectivity index is 2.07. The standard InChI is InChI=1S/C14H25N3O/c1-12-5-6-13(18-12)9-17(3)14(10-15)7-4-8-16(2)11-14/h5-6H,4,7-11,15H2,1-3H3. The van der Waals surface area contributed by atoms with Crippen molar-refractivity contribution < 1.29 is 4.42 Å². The zero-order chi connectivity index (χ0) is 13.2. The topological polar surface area (TPSA) is 45.6 Å². The van der Waals surface area contributed by atoms with Crippen molar-refractivity contribution in [2.45, 2.75) is 31.8 Å². The Kier molecular flexibility index (Phi) is 4.10. The zero-order valence-electron chi connectivity index (χ0n) is 11.8. The van der Waals surface area contributed by atoms with Gasteiger partial charge in [0.1, 0.15) is 11.5 Å². The molecule has 102 valence electrons. The Hall–Kier alpha value is -0.840. The smallest absolute Gasteiger partial charge is 0.118 e. The molecule has 0 radical (unpaired) electrons. The molecule has 4 heteroatoms. The Morgan fingerprint density at radius 2 is 2.28 bits per heavy atom. The number of hydrogen-bond donors (Lipinski definition) is 1. The molecule has 1 fully saturated rings. The number of hydrogen-bond acceptors (Lipinski definition) is 4. The molecule has 0 aromatic carbocycles. The Labute approximate surface area is 110 Å².